The Hall–Kier alpha value is -1.53. The second kappa shape index (κ2) is 6.07. The monoisotopic (exact) mass is 309 g/mol. The maximum absolute atomic E-state index is 12.9. The largest absolute Gasteiger partial charge is 0.306 e. The zero-order chi connectivity index (χ0) is 15.6. The van der Waals surface area contributed by atoms with Crippen LogP contribution in [0.3, 0.4) is 0 Å². The first-order valence-corrected chi connectivity index (χ1v) is 7.97. The molecule has 1 aromatic carbocycles. The van der Waals surface area contributed by atoms with Gasteiger partial charge in [-0.1, -0.05) is 6.92 Å². The zero-order valence-corrected chi connectivity index (χ0v) is 13.2. The molecule has 0 fully saturated rings. The van der Waals surface area contributed by atoms with Crippen molar-refractivity contribution in [1.29, 1.82) is 0 Å². The fourth-order valence-electron chi connectivity index (χ4n) is 2.27. The van der Waals surface area contributed by atoms with Crippen molar-refractivity contribution in [2.24, 2.45) is 5.14 Å². The molecule has 0 aliphatic rings. The summed E-state index contributed by atoms with van der Waals surface area (Å²) in [6.45, 7) is 5.80. The first-order chi connectivity index (χ1) is 9.79. The normalized spacial score (nSPS) is 14.9. The minimum Gasteiger partial charge on any atom is -0.306 e. The minimum atomic E-state index is -1.38. The van der Waals surface area contributed by atoms with E-state index in [9.17, 15) is 8.60 Å². The van der Waals surface area contributed by atoms with Crippen molar-refractivity contribution < 1.29 is 8.60 Å². The van der Waals surface area contributed by atoms with Crippen LogP contribution in [0.5, 0.6) is 0 Å². The van der Waals surface area contributed by atoms with Crippen LogP contribution in [-0.2, 0) is 11.0 Å². The summed E-state index contributed by atoms with van der Waals surface area (Å²) in [5.74, 6) is -0.131. The van der Waals surface area contributed by atoms with Crippen LogP contribution in [0.4, 0.5) is 4.39 Å². The predicted octanol–water partition coefficient (Wildman–Crippen LogP) is 2.91. The Bertz CT molecular complexity index is 637. The molecule has 0 bridgehead atoms. The van der Waals surface area contributed by atoms with Gasteiger partial charge in [0.15, 0.2) is 0 Å². The SMILES string of the molecule is C[C@@H](CC(C)(C)S(N)=O)c1cn(-c2ccc(F)cc2)cn1. The lowest BCUT2D eigenvalue weighted by Gasteiger charge is -2.24. The van der Waals surface area contributed by atoms with Crippen molar-refractivity contribution in [3.05, 3.63) is 48.3 Å². The maximum Gasteiger partial charge on any atom is 0.123 e. The van der Waals surface area contributed by atoms with Crippen molar-refractivity contribution >= 4 is 11.0 Å². The summed E-state index contributed by atoms with van der Waals surface area (Å²) in [4.78, 5) is 4.39. The smallest absolute Gasteiger partial charge is 0.123 e. The highest BCUT2D eigenvalue weighted by Gasteiger charge is 2.27. The number of hydrogen-bond donors (Lipinski definition) is 1. The highest BCUT2D eigenvalue weighted by atomic mass is 32.2. The van der Waals surface area contributed by atoms with E-state index in [1.165, 1.54) is 12.1 Å². The average molecular weight is 309 g/mol. The number of nitrogens with two attached hydrogens (primary N) is 1. The quantitative estimate of drug-likeness (QED) is 0.923. The Morgan fingerprint density at radius 1 is 1.38 bits per heavy atom. The molecule has 1 heterocycles. The van der Waals surface area contributed by atoms with E-state index < -0.39 is 15.7 Å². The van der Waals surface area contributed by atoms with E-state index in [2.05, 4.69) is 4.98 Å². The Labute approximate surface area is 126 Å². The molecule has 2 rings (SSSR count). The fraction of sp³-hybridized carbons (Fsp3) is 0.400. The van der Waals surface area contributed by atoms with Gasteiger partial charge in [-0.25, -0.2) is 13.6 Å². The molecule has 0 aliphatic heterocycles. The summed E-state index contributed by atoms with van der Waals surface area (Å²) >= 11 is 0. The lowest BCUT2D eigenvalue weighted by Crippen LogP contribution is -2.33. The number of benzene rings is 1. The highest BCUT2D eigenvalue weighted by Crippen LogP contribution is 2.27. The van der Waals surface area contributed by atoms with Gasteiger partial charge in [0, 0.05) is 17.8 Å². The lowest BCUT2D eigenvalue weighted by molar-refractivity contribution is 0.534. The molecule has 1 unspecified atom stereocenters. The van der Waals surface area contributed by atoms with Crippen LogP contribution < -0.4 is 5.14 Å². The van der Waals surface area contributed by atoms with Crippen molar-refractivity contribution in [3.8, 4) is 5.69 Å². The number of imidazole rings is 1. The molecular formula is C15H20FN3OS. The van der Waals surface area contributed by atoms with Gasteiger partial charge in [0.05, 0.1) is 27.8 Å². The molecular weight excluding hydrogens is 289 g/mol. The summed E-state index contributed by atoms with van der Waals surface area (Å²) in [5.41, 5.74) is 1.75. The van der Waals surface area contributed by atoms with Crippen LogP contribution in [0.1, 0.15) is 38.8 Å². The van der Waals surface area contributed by atoms with E-state index in [0.29, 0.717) is 6.42 Å². The summed E-state index contributed by atoms with van der Waals surface area (Å²) in [6.07, 6.45) is 4.29. The first-order valence-electron chi connectivity index (χ1n) is 6.76. The summed E-state index contributed by atoms with van der Waals surface area (Å²) in [6, 6.07) is 6.23. The Kier molecular flexibility index (Phi) is 4.58. The van der Waals surface area contributed by atoms with Crippen LogP contribution in [0, 0.1) is 5.82 Å². The minimum absolute atomic E-state index is 0.134. The second-order valence-electron chi connectivity index (χ2n) is 5.84. The van der Waals surface area contributed by atoms with Crippen molar-refractivity contribution in [2.75, 3.05) is 0 Å². The lowest BCUT2D eigenvalue weighted by atomic mass is 9.96. The van der Waals surface area contributed by atoms with E-state index in [1.54, 1.807) is 18.5 Å². The third kappa shape index (κ3) is 3.77. The Morgan fingerprint density at radius 3 is 2.57 bits per heavy atom. The van der Waals surface area contributed by atoms with E-state index in [-0.39, 0.29) is 11.7 Å². The third-order valence-corrected chi connectivity index (χ3v) is 4.83. The molecule has 0 saturated heterocycles. The average Bonchev–Trinajstić information content (AvgIpc) is 2.88. The van der Waals surface area contributed by atoms with E-state index in [1.807, 2.05) is 31.5 Å². The summed E-state index contributed by atoms with van der Waals surface area (Å²) in [5, 5.41) is 5.52. The summed E-state index contributed by atoms with van der Waals surface area (Å²) < 4.78 is 25.8. The molecule has 2 N–H and O–H groups in total. The van der Waals surface area contributed by atoms with Gasteiger partial charge in [-0.05, 0) is 44.5 Å². The molecule has 4 nitrogen and oxygen atoms in total. The molecule has 0 amide bonds. The fourth-order valence-corrected chi connectivity index (χ4v) is 2.69. The van der Waals surface area contributed by atoms with Crippen molar-refractivity contribution in [1.82, 2.24) is 9.55 Å². The number of aromatic nitrogens is 2. The molecule has 0 radical (unpaired) electrons. The van der Waals surface area contributed by atoms with Gasteiger partial charge in [-0.3, -0.25) is 5.14 Å². The van der Waals surface area contributed by atoms with Gasteiger partial charge in [-0.2, -0.15) is 0 Å². The van der Waals surface area contributed by atoms with Gasteiger partial charge in [0.2, 0.25) is 0 Å². The standard InChI is InChI=1S/C15H20FN3OS/c1-11(8-15(2,3)21(17)20)14-9-19(10-18-14)13-6-4-12(16)5-7-13/h4-7,9-11H,8,17H2,1-3H3/t11-,21?/m0/s1. The highest BCUT2D eigenvalue weighted by molar-refractivity contribution is 7.84. The van der Waals surface area contributed by atoms with Crippen LogP contribution in [0.2, 0.25) is 0 Å². The molecule has 0 spiro atoms. The van der Waals surface area contributed by atoms with Crippen LogP contribution in [0.15, 0.2) is 36.8 Å². The topological polar surface area (TPSA) is 60.9 Å². The van der Waals surface area contributed by atoms with E-state index in [4.69, 9.17) is 5.14 Å². The number of hydrogen-bond acceptors (Lipinski definition) is 2. The van der Waals surface area contributed by atoms with Gasteiger partial charge in [0.25, 0.3) is 0 Å². The molecule has 6 heteroatoms. The van der Waals surface area contributed by atoms with Crippen molar-refractivity contribution in [2.45, 2.75) is 37.9 Å². The molecule has 2 aromatic rings. The Morgan fingerprint density at radius 2 is 2.00 bits per heavy atom. The van der Waals surface area contributed by atoms with Crippen molar-refractivity contribution in [3.63, 3.8) is 0 Å². The van der Waals surface area contributed by atoms with Crippen LogP contribution in [0.25, 0.3) is 5.69 Å². The van der Waals surface area contributed by atoms with Gasteiger partial charge < -0.3 is 4.57 Å². The maximum atomic E-state index is 12.9. The van der Waals surface area contributed by atoms with E-state index >= 15 is 0 Å². The first kappa shape index (κ1) is 15.9. The number of halogens is 1. The van der Waals surface area contributed by atoms with E-state index in [0.717, 1.165) is 11.4 Å². The molecule has 0 saturated carbocycles. The molecule has 21 heavy (non-hydrogen) atoms. The van der Waals surface area contributed by atoms with Gasteiger partial charge in [-0.15, -0.1) is 0 Å². The molecule has 2 atom stereocenters. The third-order valence-electron chi connectivity index (χ3n) is 3.57. The molecule has 114 valence electrons. The van der Waals surface area contributed by atoms with Crippen LogP contribution >= 0.6 is 0 Å². The van der Waals surface area contributed by atoms with Crippen LogP contribution in [-0.4, -0.2) is 18.5 Å². The van der Waals surface area contributed by atoms with Gasteiger partial charge in [0.1, 0.15) is 5.82 Å². The Balaban J connectivity index is 2.16. The summed E-state index contributed by atoms with van der Waals surface area (Å²) in [7, 11) is -1.38. The zero-order valence-electron chi connectivity index (χ0n) is 12.4. The predicted molar refractivity (Wildman–Crippen MR) is 83.0 cm³/mol. The second-order valence-corrected chi connectivity index (χ2v) is 7.54. The van der Waals surface area contributed by atoms with Gasteiger partial charge >= 0.3 is 0 Å². The number of rotatable bonds is 5. The number of nitrogens with zero attached hydrogens (tertiary/aromatic N) is 2. The molecule has 1 aromatic heterocycles. The molecule has 0 aliphatic carbocycles.